The summed E-state index contributed by atoms with van der Waals surface area (Å²) < 4.78 is 14.0. The van der Waals surface area contributed by atoms with Gasteiger partial charge in [0.25, 0.3) is 0 Å². The molecule has 1 aromatic heterocycles. The van der Waals surface area contributed by atoms with Crippen molar-refractivity contribution >= 4 is 33.2 Å². The van der Waals surface area contributed by atoms with Gasteiger partial charge in [-0.25, -0.2) is 4.39 Å². The number of aliphatic hydroxyl groups is 1. The minimum Gasteiger partial charge on any atom is -0.387 e. The van der Waals surface area contributed by atoms with Gasteiger partial charge in [0.15, 0.2) is 0 Å². The van der Waals surface area contributed by atoms with Gasteiger partial charge in [0, 0.05) is 15.3 Å². The van der Waals surface area contributed by atoms with Crippen molar-refractivity contribution in [3.63, 3.8) is 0 Å². The maximum atomic E-state index is 12.8. The van der Waals surface area contributed by atoms with Crippen molar-refractivity contribution < 1.29 is 9.50 Å². The zero-order valence-electron chi connectivity index (χ0n) is 10.6. The second kappa shape index (κ2) is 5.95. The minimum atomic E-state index is -0.521. The number of hydrogen-bond donors (Lipinski definition) is 1. The minimum absolute atomic E-state index is 0.238. The summed E-state index contributed by atoms with van der Waals surface area (Å²) >= 11 is 3.18. The highest BCUT2D eigenvalue weighted by molar-refractivity contribution is 7.99. The Morgan fingerprint density at radius 2 is 1.90 bits per heavy atom. The molecule has 0 amide bonds. The Hall–Kier alpha value is -1.36. The predicted octanol–water partition coefficient (Wildman–Crippen LogP) is 4.87. The Morgan fingerprint density at radius 1 is 1.10 bits per heavy atom. The van der Waals surface area contributed by atoms with Gasteiger partial charge in [0.1, 0.15) is 5.82 Å². The largest absolute Gasteiger partial charge is 0.387 e. The molecule has 0 bridgehead atoms. The molecule has 0 radical (unpaired) electrons. The van der Waals surface area contributed by atoms with E-state index >= 15 is 0 Å². The number of fused-ring (bicyclic) bond motifs is 1. The molecule has 1 heterocycles. The number of thioether (sulfide) groups is 1. The lowest BCUT2D eigenvalue weighted by molar-refractivity contribution is 0.206. The molecule has 20 heavy (non-hydrogen) atoms. The summed E-state index contributed by atoms with van der Waals surface area (Å²) in [7, 11) is 0. The third kappa shape index (κ3) is 2.87. The van der Waals surface area contributed by atoms with Crippen LogP contribution in [0.1, 0.15) is 11.7 Å². The van der Waals surface area contributed by atoms with E-state index in [-0.39, 0.29) is 5.82 Å². The fourth-order valence-electron chi connectivity index (χ4n) is 2.07. The highest BCUT2D eigenvalue weighted by Crippen LogP contribution is 2.32. The average molecular weight is 304 g/mol. The molecule has 0 aliphatic rings. The van der Waals surface area contributed by atoms with Gasteiger partial charge in [-0.2, -0.15) is 0 Å². The Balaban J connectivity index is 1.74. The number of hydrogen-bond acceptors (Lipinski definition) is 3. The summed E-state index contributed by atoms with van der Waals surface area (Å²) in [6.45, 7) is 0. The van der Waals surface area contributed by atoms with Crippen molar-refractivity contribution in [2.24, 2.45) is 0 Å². The van der Waals surface area contributed by atoms with Crippen LogP contribution in [0.5, 0.6) is 0 Å². The molecule has 2 aromatic carbocycles. The lowest BCUT2D eigenvalue weighted by Crippen LogP contribution is -2.00. The molecule has 1 nitrogen and oxygen atoms in total. The molecule has 0 saturated carbocycles. The van der Waals surface area contributed by atoms with Crippen LogP contribution in [-0.4, -0.2) is 10.9 Å². The molecule has 1 atom stereocenters. The topological polar surface area (TPSA) is 20.2 Å². The van der Waals surface area contributed by atoms with E-state index in [4.69, 9.17) is 0 Å². The van der Waals surface area contributed by atoms with E-state index in [0.29, 0.717) is 5.75 Å². The van der Waals surface area contributed by atoms with Crippen molar-refractivity contribution in [3.8, 4) is 0 Å². The van der Waals surface area contributed by atoms with E-state index in [1.54, 1.807) is 23.5 Å². The lowest BCUT2D eigenvalue weighted by Gasteiger charge is -2.11. The van der Waals surface area contributed by atoms with Gasteiger partial charge >= 0.3 is 0 Å². The Kier molecular flexibility index (Phi) is 4.05. The van der Waals surface area contributed by atoms with Crippen LogP contribution >= 0.6 is 23.1 Å². The van der Waals surface area contributed by atoms with E-state index in [9.17, 15) is 9.50 Å². The van der Waals surface area contributed by atoms with Gasteiger partial charge < -0.3 is 5.11 Å². The summed E-state index contributed by atoms with van der Waals surface area (Å²) in [6, 6.07) is 14.4. The molecule has 3 rings (SSSR count). The van der Waals surface area contributed by atoms with E-state index < -0.39 is 6.10 Å². The molecule has 1 unspecified atom stereocenters. The average Bonchev–Trinajstić information content (AvgIpc) is 2.94. The van der Waals surface area contributed by atoms with Crippen molar-refractivity contribution in [2.45, 2.75) is 11.0 Å². The van der Waals surface area contributed by atoms with Gasteiger partial charge in [0.2, 0.25) is 0 Å². The molecular weight excluding hydrogens is 291 g/mol. The maximum Gasteiger partial charge on any atom is 0.123 e. The number of benzene rings is 2. The second-order valence-electron chi connectivity index (χ2n) is 4.47. The van der Waals surface area contributed by atoms with Crippen LogP contribution in [0, 0.1) is 5.82 Å². The van der Waals surface area contributed by atoms with Crippen molar-refractivity contribution in [1.29, 1.82) is 0 Å². The third-order valence-corrected chi connectivity index (χ3v) is 5.16. The molecule has 102 valence electrons. The fraction of sp³-hybridized carbons (Fsp3) is 0.125. The molecule has 0 fully saturated rings. The zero-order valence-corrected chi connectivity index (χ0v) is 12.3. The van der Waals surface area contributed by atoms with Crippen LogP contribution in [0.3, 0.4) is 0 Å². The molecule has 3 aromatic rings. The molecule has 0 aliphatic carbocycles. The lowest BCUT2D eigenvalue weighted by atomic mass is 10.1. The number of rotatable bonds is 4. The summed E-state index contributed by atoms with van der Waals surface area (Å²) in [6.07, 6.45) is -0.521. The normalized spacial score (nSPS) is 12.7. The monoisotopic (exact) mass is 304 g/mol. The summed E-state index contributed by atoms with van der Waals surface area (Å²) in [5.41, 5.74) is 0.965. The molecule has 0 saturated heterocycles. The third-order valence-electron chi connectivity index (χ3n) is 3.09. The first kappa shape index (κ1) is 13.6. The van der Waals surface area contributed by atoms with E-state index in [1.165, 1.54) is 29.3 Å². The molecule has 4 heteroatoms. The standard InChI is InChI=1S/C16H13FOS2/c17-12-4-6-13(7-5-12)20-10-15(18)14-3-1-2-11-8-9-19-16(11)14/h1-9,15,18H,10H2. The van der Waals surface area contributed by atoms with Crippen LogP contribution in [0.25, 0.3) is 10.1 Å². The number of thiophene rings is 1. The van der Waals surface area contributed by atoms with Gasteiger partial charge in [-0.05, 0) is 46.7 Å². The van der Waals surface area contributed by atoms with Crippen molar-refractivity contribution in [1.82, 2.24) is 0 Å². The predicted molar refractivity (Wildman–Crippen MR) is 83.9 cm³/mol. The van der Waals surface area contributed by atoms with Gasteiger partial charge in [-0.1, -0.05) is 18.2 Å². The Bertz CT molecular complexity index is 706. The van der Waals surface area contributed by atoms with Gasteiger partial charge in [-0.15, -0.1) is 23.1 Å². The first-order valence-corrected chi connectivity index (χ1v) is 8.13. The van der Waals surface area contributed by atoms with Crippen molar-refractivity contribution in [2.75, 3.05) is 5.75 Å². The van der Waals surface area contributed by atoms with Crippen LogP contribution in [0.15, 0.2) is 58.8 Å². The second-order valence-corrected chi connectivity index (χ2v) is 6.48. The Labute approximate surface area is 125 Å². The highest BCUT2D eigenvalue weighted by atomic mass is 32.2. The van der Waals surface area contributed by atoms with Gasteiger partial charge in [0.05, 0.1) is 6.10 Å². The van der Waals surface area contributed by atoms with Crippen LogP contribution in [0.4, 0.5) is 4.39 Å². The highest BCUT2D eigenvalue weighted by Gasteiger charge is 2.12. The summed E-state index contributed by atoms with van der Waals surface area (Å²) in [5.74, 6) is 0.320. The van der Waals surface area contributed by atoms with E-state index in [1.807, 2.05) is 17.5 Å². The molecule has 0 spiro atoms. The van der Waals surface area contributed by atoms with Crippen LogP contribution in [-0.2, 0) is 0 Å². The summed E-state index contributed by atoms with van der Waals surface area (Å²) in [4.78, 5) is 0.962. The quantitative estimate of drug-likeness (QED) is 0.694. The molecule has 0 aliphatic heterocycles. The first-order valence-electron chi connectivity index (χ1n) is 6.26. The van der Waals surface area contributed by atoms with Crippen LogP contribution < -0.4 is 0 Å². The fourth-order valence-corrected chi connectivity index (χ4v) is 3.90. The van der Waals surface area contributed by atoms with E-state index in [0.717, 1.165) is 15.2 Å². The van der Waals surface area contributed by atoms with E-state index in [2.05, 4.69) is 12.1 Å². The molecular formula is C16H13FOS2. The first-order chi connectivity index (χ1) is 9.74. The molecule has 1 N–H and O–H groups in total. The van der Waals surface area contributed by atoms with Crippen LogP contribution in [0.2, 0.25) is 0 Å². The zero-order chi connectivity index (χ0) is 13.9. The summed E-state index contributed by atoms with van der Waals surface area (Å²) in [5, 5.41) is 13.6. The SMILES string of the molecule is OC(CSc1ccc(F)cc1)c1cccc2ccsc12. The number of halogens is 1. The number of aliphatic hydroxyl groups excluding tert-OH is 1. The smallest absolute Gasteiger partial charge is 0.123 e. The van der Waals surface area contributed by atoms with Crippen molar-refractivity contribution in [3.05, 3.63) is 65.3 Å². The maximum absolute atomic E-state index is 12.8. The van der Waals surface area contributed by atoms with Gasteiger partial charge in [-0.3, -0.25) is 0 Å². The Morgan fingerprint density at radius 3 is 2.70 bits per heavy atom.